The van der Waals surface area contributed by atoms with Gasteiger partial charge in [0.15, 0.2) is 0 Å². The lowest BCUT2D eigenvalue weighted by atomic mass is 10.1. The van der Waals surface area contributed by atoms with Crippen LogP contribution in [-0.4, -0.2) is 20.7 Å². The topological polar surface area (TPSA) is 79.8 Å². The fraction of sp³-hybridized carbons (Fsp3) is 0.174. The molecule has 30 heavy (non-hydrogen) atoms. The van der Waals surface area contributed by atoms with Crippen LogP contribution in [0.3, 0.4) is 0 Å². The van der Waals surface area contributed by atoms with Crippen LogP contribution in [0.25, 0.3) is 16.4 Å². The zero-order valence-corrected chi connectivity index (χ0v) is 17.8. The monoisotopic (exact) mass is 418 g/mol. The van der Waals surface area contributed by atoms with Crippen LogP contribution in [0.4, 0.5) is 5.69 Å². The number of amides is 1. The van der Waals surface area contributed by atoms with Crippen LogP contribution in [-0.2, 0) is 11.2 Å². The molecule has 0 radical (unpaired) electrons. The molecule has 0 atom stereocenters. The van der Waals surface area contributed by atoms with Crippen molar-refractivity contribution in [2.75, 3.05) is 5.32 Å². The second-order valence-corrected chi connectivity index (χ2v) is 8.07. The number of aromatic nitrogens is 3. The minimum atomic E-state index is -0.252. The predicted molar refractivity (Wildman–Crippen MR) is 120 cm³/mol. The van der Waals surface area contributed by atoms with E-state index in [9.17, 15) is 9.59 Å². The molecule has 7 heteroatoms. The number of carbonyl (C=O) groups excluding carboxylic acids is 1. The predicted octanol–water partition coefficient (Wildman–Crippen LogP) is 4.40. The second-order valence-electron chi connectivity index (χ2n) is 7.23. The molecule has 0 saturated heterocycles. The van der Waals surface area contributed by atoms with Crippen LogP contribution in [0, 0.1) is 20.8 Å². The number of benzene rings is 2. The summed E-state index contributed by atoms with van der Waals surface area (Å²) in [4.78, 5) is 30.2. The summed E-state index contributed by atoms with van der Waals surface area (Å²) in [7, 11) is 0. The van der Waals surface area contributed by atoms with Crippen LogP contribution >= 0.6 is 11.3 Å². The molecule has 0 fully saturated rings. The number of aromatic amines is 1. The van der Waals surface area contributed by atoms with Crippen LogP contribution in [0.5, 0.6) is 0 Å². The Morgan fingerprint density at radius 1 is 1.07 bits per heavy atom. The molecule has 2 aromatic heterocycles. The van der Waals surface area contributed by atoms with Crippen LogP contribution in [0.1, 0.15) is 22.4 Å². The Labute approximate surface area is 178 Å². The number of thiazole rings is 1. The average Bonchev–Trinajstić information content (AvgIpc) is 3.32. The van der Waals surface area contributed by atoms with Crippen molar-refractivity contribution in [3.63, 3.8) is 0 Å². The van der Waals surface area contributed by atoms with Crippen molar-refractivity contribution in [2.45, 2.75) is 27.2 Å². The second kappa shape index (κ2) is 8.12. The smallest absolute Gasteiger partial charge is 0.277 e. The minimum Gasteiger partial charge on any atom is -0.325 e. The van der Waals surface area contributed by atoms with Gasteiger partial charge in [-0.2, -0.15) is 4.68 Å². The largest absolute Gasteiger partial charge is 0.325 e. The molecular formula is C23H22N4O2S. The zero-order valence-electron chi connectivity index (χ0n) is 17.0. The lowest BCUT2D eigenvalue weighted by Gasteiger charge is -2.11. The highest BCUT2D eigenvalue weighted by Gasteiger charge is 2.18. The number of nitrogens with one attached hydrogen (secondary N) is 2. The van der Waals surface area contributed by atoms with E-state index < -0.39 is 0 Å². The van der Waals surface area contributed by atoms with Gasteiger partial charge in [0, 0.05) is 27.9 Å². The molecule has 0 saturated carbocycles. The van der Waals surface area contributed by atoms with E-state index in [2.05, 4.69) is 15.4 Å². The zero-order chi connectivity index (χ0) is 21.3. The number of aryl methyl sites for hydroxylation is 3. The summed E-state index contributed by atoms with van der Waals surface area (Å²) >= 11 is 1.38. The van der Waals surface area contributed by atoms with Gasteiger partial charge < -0.3 is 5.32 Å². The van der Waals surface area contributed by atoms with Gasteiger partial charge in [-0.15, -0.1) is 11.3 Å². The maximum absolute atomic E-state index is 13.0. The van der Waals surface area contributed by atoms with Crippen molar-refractivity contribution >= 4 is 22.9 Å². The third kappa shape index (κ3) is 3.84. The molecule has 2 aromatic carbocycles. The van der Waals surface area contributed by atoms with E-state index in [1.54, 1.807) is 6.92 Å². The Morgan fingerprint density at radius 3 is 2.47 bits per heavy atom. The molecule has 0 aliphatic heterocycles. The Morgan fingerprint density at radius 2 is 1.77 bits per heavy atom. The van der Waals surface area contributed by atoms with E-state index >= 15 is 0 Å². The van der Waals surface area contributed by atoms with Crippen molar-refractivity contribution in [3.05, 3.63) is 86.6 Å². The fourth-order valence-electron chi connectivity index (χ4n) is 3.39. The summed E-state index contributed by atoms with van der Waals surface area (Å²) in [6.07, 6.45) is -0.00113. The number of H-pyrrole nitrogens is 1. The van der Waals surface area contributed by atoms with Gasteiger partial charge in [0.1, 0.15) is 0 Å². The first-order chi connectivity index (χ1) is 14.4. The molecule has 0 aliphatic carbocycles. The first-order valence-corrected chi connectivity index (χ1v) is 10.5. The molecular weight excluding hydrogens is 396 g/mol. The fourth-order valence-corrected chi connectivity index (χ4v) is 4.18. The van der Waals surface area contributed by atoms with Gasteiger partial charge in [0.25, 0.3) is 5.56 Å². The first kappa shape index (κ1) is 19.8. The van der Waals surface area contributed by atoms with Gasteiger partial charge in [-0.3, -0.25) is 14.7 Å². The highest BCUT2D eigenvalue weighted by Crippen LogP contribution is 2.23. The molecule has 2 N–H and O–H groups in total. The number of hydrogen-bond donors (Lipinski definition) is 2. The SMILES string of the molecule is Cc1cccc(C)c1NC(=O)Cc1c(C)[nH]n(-c2nc(-c3ccccc3)cs2)c1=O. The van der Waals surface area contributed by atoms with Crippen molar-refractivity contribution in [2.24, 2.45) is 0 Å². The number of hydrogen-bond acceptors (Lipinski definition) is 4. The number of nitrogens with zero attached hydrogens (tertiary/aromatic N) is 2. The molecule has 6 nitrogen and oxygen atoms in total. The maximum atomic E-state index is 13.0. The van der Waals surface area contributed by atoms with Gasteiger partial charge in [0.2, 0.25) is 11.0 Å². The van der Waals surface area contributed by atoms with E-state index in [4.69, 9.17) is 0 Å². The summed E-state index contributed by atoms with van der Waals surface area (Å²) in [5.74, 6) is -0.220. The van der Waals surface area contributed by atoms with E-state index in [0.29, 0.717) is 16.4 Å². The quantitative estimate of drug-likeness (QED) is 0.504. The molecule has 0 bridgehead atoms. The summed E-state index contributed by atoms with van der Waals surface area (Å²) in [6, 6.07) is 15.7. The third-order valence-electron chi connectivity index (χ3n) is 5.03. The van der Waals surface area contributed by atoms with Crippen LogP contribution in [0.15, 0.2) is 58.7 Å². The molecule has 2 heterocycles. The third-order valence-corrected chi connectivity index (χ3v) is 5.85. The van der Waals surface area contributed by atoms with E-state index in [1.807, 2.05) is 67.8 Å². The standard InChI is InChI=1S/C23H22N4O2S/c1-14-8-7-9-15(2)21(14)25-20(28)12-18-16(3)26-27(22(18)29)23-24-19(13-30-23)17-10-5-4-6-11-17/h4-11,13,26H,12H2,1-3H3,(H,25,28). The highest BCUT2D eigenvalue weighted by molar-refractivity contribution is 7.12. The van der Waals surface area contributed by atoms with Crippen LogP contribution in [0.2, 0.25) is 0 Å². The highest BCUT2D eigenvalue weighted by atomic mass is 32.1. The first-order valence-electron chi connectivity index (χ1n) is 9.62. The molecule has 1 amide bonds. The average molecular weight is 419 g/mol. The van der Waals surface area contributed by atoms with E-state index in [0.717, 1.165) is 28.1 Å². The lowest BCUT2D eigenvalue weighted by Crippen LogP contribution is -2.22. The van der Waals surface area contributed by atoms with Crippen molar-refractivity contribution < 1.29 is 4.79 Å². The van der Waals surface area contributed by atoms with Gasteiger partial charge in [-0.05, 0) is 31.9 Å². The van der Waals surface area contributed by atoms with Gasteiger partial charge in [-0.25, -0.2) is 4.98 Å². The Hall–Kier alpha value is -3.45. The number of rotatable bonds is 5. The van der Waals surface area contributed by atoms with Crippen molar-refractivity contribution in [3.8, 4) is 16.4 Å². The maximum Gasteiger partial charge on any atom is 0.277 e. The molecule has 152 valence electrons. The normalized spacial score (nSPS) is 10.9. The molecule has 0 unspecified atom stereocenters. The number of carbonyl (C=O) groups is 1. The van der Waals surface area contributed by atoms with Crippen molar-refractivity contribution in [1.29, 1.82) is 0 Å². The molecule has 4 aromatic rings. The number of para-hydroxylation sites is 1. The Balaban J connectivity index is 1.58. The van der Waals surface area contributed by atoms with E-state index in [-0.39, 0.29) is 17.9 Å². The van der Waals surface area contributed by atoms with Crippen LogP contribution < -0.4 is 10.9 Å². The lowest BCUT2D eigenvalue weighted by molar-refractivity contribution is -0.115. The Bertz CT molecular complexity index is 1250. The summed E-state index contributed by atoms with van der Waals surface area (Å²) < 4.78 is 1.41. The molecule has 4 rings (SSSR count). The summed E-state index contributed by atoms with van der Waals surface area (Å²) in [5.41, 5.74) is 5.42. The van der Waals surface area contributed by atoms with Gasteiger partial charge in [-0.1, -0.05) is 48.5 Å². The summed E-state index contributed by atoms with van der Waals surface area (Å²) in [5, 5.41) is 8.46. The number of anilines is 1. The summed E-state index contributed by atoms with van der Waals surface area (Å²) in [6.45, 7) is 5.69. The van der Waals surface area contributed by atoms with E-state index in [1.165, 1.54) is 16.0 Å². The Kier molecular flexibility index (Phi) is 5.37. The van der Waals surface area contributed by atoms with Crippen molar-refractivity contribution in [1.82, 2.24) is 14.8 Å². The molecule has 0 aliphatic rings. The van der Waals surface area contributed by atoms with Gasteiger partial charge >= 0.3 is 0 Å². The van der Waals surface area contributed by atoms with Gasteiger partial charge in [0.05, 0.1) is 12.1 Å². The molecule has 0 spiro atoms. The minimum absolute atomic E-state index is 0.00113.